The van der Waals surface area contributed by atoms with Gasteiger partial charge in [0.1, 0.15) is 0 Å². The van der Waals surface area contributed by atoms with E-state index >= 15 is 0 Å². The fourth-order valence-corrected chi connectivity index (χ4v) is 3.25. The van der Waals surface area contributed by atoms with Gasteiger partial charge in [-0.05, 0) is 43.7 Å². The maximum Gasteiger partial charge on any atom is 0.261 e. The van der Waals surface area contributed by atoms with Gasteiger partial charge in [-0.1, -0.05) is 29.8 Å². The second-order valence-corrected chi connectivity index (χ2v) is 6.76. The summed E-state index contributed by atoms with van der Waals surface area (Å²) in [5, 5.41) is 0.321. The van der Waals surface area contributed by atoms with Gasteiger partial charge in [-0.2, -0.15) is 0 Å². The molecule has 0 unspecified atom stereocenters. The monoisotopic (exact) mass is 323 g/mol. The lowest BCUT2D eigenvalue weighted by molar-refractivity contribution is 0.101. The van der Waals surface area contributed by atoms with E-state index in [0.29, 0.717) is 16.3 Å². The molecule has 6 heteroatoms. The fraction of sp³-hybridized carbons (Fsp3) is 0.133. The number of anilines is 1. The molecule has 21 heavy (non-hydrogen) atoms. The number of aryl methyl sites for hydroxylation is 1. The molecule has 0 aliphatic carbocycles. The molecule has 2 aromatic carbocycles. The first-order valence-corrected chi connectivity index (χ1v) is 8.06. The number of sulfonamides is 1. The molecule has 0 radical (unpaired) electrons. The van der Waals surface area contributed by atoms with Crippen molar-refractivity contribution in [1.82, 2.24) is 0 Å². The molecule has 0 aliphatic rings. The highest BCUT2D eigenvalue weighted by Crippen LogP contribution is 2.25. The predicted molar refractivity (Wildman–Crippen MR) is 83.4 cm³/mol. The first kappa shape index (κ1) is 15.5. The van der Waals surface area contributed by atoms with Gasteiger partial charge in [0, 0.05) is 5.56 Å². The third kappa shape index (κ3) is 3.62. The Balaban J connectivity index is 2.38. The van der Waals surface area contributed by atoms with E-state index in [1.807, 2.05) is 6.92 Å². The van der Waals surface area contributed by atoms with Crippen LogP contribution in [-0.4, -0.2) is 14.2 Å². The summed E-state index contributed by atoms with van der Waals surface area (Å²) in [6, 6.07) is 10.9. The lowest BCUT2D eigenvalue weighted by Gasteiger charge is -2.10. The van der Waals surface area contributed by atoms with Gasteiger partial charge in [0.05, 0.1) is 15.6 Å². The number of nitrogens with one attached hydrogen (secondary N) is 1. The normalized spacial score (nSPS) is 11.2. The van der Waals surface area contributed by atoms with Crippen LogP contribution in [0, 0.1) is 6.92 Å². The molecular weight excluding hydrogens is 310 g/mol. The van der Waals surface area contributed by atoms with E-state index in [-0.39, 0.29) is 10.7 Å². The summed E-state index contributed by atoms with van der Waals surface area (Å²) in [6.45, 7) is 3.25. The molecule has 0 aliphatic heterocycles. The van der Waals surface area contributed by atoms with Gasteiger partial charge in [-0.25, -0.2) is 8.42 Å². The van der Waals surface area contributed by atoms with Gasteiger partial charge >= 0.3 is 0 Å². The number of benzene rings is 2. The van der Waals surface area contributed by atoms with Gasteiger partial charge in [-0.15, -0.1) is 0 Å². The smallest absolute Gasteiger partial charge is 0.261 e. The van der Waals surface area contributed by atoms with Crippen LogP contribution in [0.25, 0.3) is 0 Å². The van der Waals surface area contributed by atoms with Crippen LogP contribution in [-0.2, 0) is 10.0 Å². The topological polar surface area (TPSA) is 63.2 Å². The molecule has 1 N–H and O–H groups in total. The van der Waals surface area contributed by atoms with E-state index in [1.54, 1.807) is 24.3 Å². The largest absolute Gasteiger partial charge is 0.295 e. The highest BCUT2D eigenvalue weighted by Gasteiger charge is 2.16. The van der Waals surface area contributed by atoms with E-state index in [4.69, 9.17) is 11.6 Å². The molecule has 0 aromatic heterocycles. The van der Waals surface area contributed by atoms with E-state index in [2.05, 4.69) is 4.72 Å². The lowest BCUT2D eigenvalue weighted by atomic mass is 10.2. The van der Waals surface area contributed by atoms with Crippen LogP contribution in [0.2, 0.25) is 5.02 Å². The van der Waals surface area contributed by atoms with E-state index in [1.165, 1.54) is 25.1 Å². The van der Waals surface area contributed by atoms with Crippen LogP contribution >= 0.6 is 11.6 Å². The number of rotatable bonds is 4. The Morgan fingerprint density at radius 2 is 1.86 bits per heavy atom. The molecule has 0 bridgehead atoms. The highest BCUT2D eigenvalue weighted by atomic mass is 35.5. The second kappa shape index (κ2) is 5.87. The number of Topliss-reactive ketones (excluding diaryl/α,β-unsaturated/α-hetero) is 1. The molecule has 0 amide bonds. The van der Waals surface area contributed by atoms with Crippen molar-refractivity contribution in [2.75, 3.05) is 4.72 Å². The Kier molecular flexibility index (Phi) is 4.34. The van der Waals surface area contributed by atoms with Crippen molar-refractivity contribution >= 4 is 33.1 Å². The van der Waals surface area contributed by atoms with Crippen LogP contribution < -0.4 is 4.72 Å². The van der Waals surface area contributed by atoms with Crippen molar-refractivity contribution in [2.45, 2.75) is 18.7 Å². The van der Waals surface area contributed by atoms with Gasteiger partial charge < -0.3 is 0 Å². The van der Waals surface area contributed by atoms with Gasteiger partial charge in [0.25, 0.3) is 10.0 Å². The van der Waals surface area contributed by atoms with Gasteiger partial charge in [0.15, 0.2) is 5.78 Å². The summed E-state index contributed by atoms with van der Waals surface area (Å²) >= 11 is 6.02. The number of ketones is 1. The molecule has 0 saturated heterocycles. The highest BCUT2D eigenvalue weighted by molar-refractivity contribution is 7.92. The van der Waals surface area contributed by atoms with Crippen molar-refractivity contribution in [2.24, 2.45) is 0 Å². The summed E-state index contributed by atoms with van der Waals surface area (Å²) in [6.07, 6.45) is 0. The van der Waals surface area contributed by atoms with Crippen LogP contribution in [0.5, 0.6) is 0 Å². The summed E-state index contributed by atoms with van der Waals surface area (Å²) in [5.41, 5.74) is 1.57. The Morgan fingerprint density at radius 1 is 1.14 bits per heavy atom. The number of hydrogen-bond donors (Lipinski definition) is 1. The first-order chi connectivity index (χ1) is 9.79. The van der Waals surface area contributed by atoms with Crippen molar-refractivity contribution in [1.29, 1.82) is 0 Å². The van der Waals surface area contributed by atoms with Crippen molar-refractivity contribution < 1.29 is 13.2 Å². The molecule has 110 valence electrons. The minimum atomic E-state index is -3.79. The molecule has 0 heterocycles. The van der Waals surface area contributed by atoms with Crippen LogP contribution in [0.4, 0.5) is 5.69 Å². The van der Waals surface area contributed by atoms with Gasteiger partial charge in [-0.3, -0.25) is 9.52 Å². The standard InChI is InChI=1S/C15H14ClNO3S/c1-10-6-7-15(14(16)8-10)17-21(19,20)13-5-3-4-12(9-13)11(2)18/h3-9,17H,1-2H3. The Morgan fingerprint density at radius 3 is 2.48 bits per heavy atom. The van der Waals surface area contributed by atoms with E-state index in [9.17, 15) is 13.2 Å². The maximum atomic E-state index is 12.3. The van der Waals surface area contributed by atoms with E-state index in [0.717, 1.165) is 5.56 Å². The number of carbonyl (C=O) groups excluding carboxylic acids is 1. The molecule has 0 fully saturated rings. The molecule has 0 atom stereocenters. The summed E-state index contributed by atoms with van der Waals surface area (Å²) in [7, 11) is -3.79. The minimum absolute atomic E-state index is 0.0202. The predicted octanol–water partition coefficient (Wildman–Crippen LogP) is 3.65. The molecule has 0 saturated carbocycles. The summed E-state index contributed by atoms with van der Waals surface area (Å²) in [4.78, 5) is 11.4. The number of halogens is 1. The minimum Gasteiger partial charge on any atom is -0.295 e. The Labute approximate surface area is 128 Å². The Bertz CT molecular complexity index is 800. The van der Waals surface area contributed by atoms with E-state index < -0.39 is 10.0 Å². The SMILES string of the molecule is CC(=O)c1cccc(S(=O)(=O)Nc2ccc(C)cc2Cl)c1. The average Bonchev–Trinajstić information content (AvgIpc) is 2.42. The third-order valence-corrected chi connectivity index (χ3v) is 4.60. The number of carbonyl (C=O) groups is 1. The molecular formula is C15H14ClNO3S. The number of hydrogen-bond acceptors (Lipinski definition) is 3. The molecule has 2 aromatic rings. The zero-order valence-corrected chi connectivity index (χ0v) is 13.1. The zero-order chi connectivity index (χ0) is 15.6. The summed E-state index contributed by atoms with van der Waals surface area (Å²) < 4.78 is 27.1. The first-order valence-electron chi connectivity index (χ1n) is 6.19. The van der Waals surface area contributed by atoms with Crippen molar-refractivity contribution in [3.63, 3.8) is 0 Å². The van der Waals surface area contributed by atoms with Crippen LogP contribution in [0.3, 0.4) is 0 Å². The molecule has 4 nitrogen and oxygen atoms in total. The van der Waals surface area contributed by atoms with Crippen LogP contribution in [0.15, 0.2) is 47.4 Å². The average molecular weight is 324 g/mol. The lowest BCUT2D eigenvalue weighted by Crippen LogP contribution is -2.13. The quantitative estimate of drug-likeness (QED) is 0.873. The van der Waals surface area contributed by atoms with Gasteiger partial charge in [0.2, 0.25) is 0 Å². The third-order valence-electron chi connectivity index (χ3n) is 2.92. The second-order valence-electron chi connectivity index (χ2n) is 4.67. The molecule has 0 spiro atoms. The molecule has 2 rings (SSSR count). The van der Waals surface area contributed by atoms with Crippen molar-refractivity contribution in [3.8, 4) is 0 Å². The summed E-state index contributed by atoms with van der Waals surface area (Å²) in [5.74, 6) is -0.194. The fourth-order valence-electron chi connectivity index (χ4n) is 1.79. The zero-order valence-electron chi connectivity index (χ0n) is 11.6. The Hall–Kier alpha value is -1.85. The maximum absolute atomic E-state index is 12.3. The van der Waals surface area contributed by atoms with Crippen molar-refractivity contribution in [3.05, 3.63) is 58.6 Å². The van der Waals surface area contributed by atoms with Crippen LogP contribution in [0.1, 0.15) is 22.8 Å².